The van der Waals surface area contributed by atoms with Crippen LogP contribution in [-0.2, 0) is 4.79 Å². The minimum Gasteiger partial charge on any atom is -0.481 e. The third kappa shape index (κ3) is 1.05. The predicted molar refractivity (Wildman–Crippen MR) is 52.0 cm³/mol. The number of hydrogen-bond acceptors (Lipinski definition) is 2. The molecule has 0 saturated carbocycles. The Morgan fingerprint density at radius 3 is 2.93 bits per heavy atom. The van der Waals surface area contributed by atoms with Crippen LogP contribution in [0.15, 0.2) is 0 Å². The average Bonchev–Trinajstić information content (AvgIpc) is 2.40. The first kappa shape index (κ1) is 8.72. The molecule has 1 N–H and O–H groups in total. The standard InChI is InChI=1S/C11H17NO2/c13-11(14)9-4-3-8-6-7-2-1-5-12(8)10(7)9/h7-10H,1-6H2,(H,13,14)/t7-,8+,9-,10-/m1/s1. The van der Waals surface area contributed by atoms with Crippen LogP contribution in [0.25, 0.3) is 0 Å². The summed E-state index contributed by atoms with van der Waals surface area (Å²) >= 11 is 0. The van der Waals surface area contributed by atoms with Gasteiger partial charge in [0.1, 0.15) is 0 Å². The van der Waals surface area contributed by atoms with E-state index in [9.17, 15) is 9.90 Å². The van der Waals surface area contributed by atoms with Crippen LogP contribution in [0.1, 0.15) is 32.1 Å². The Bertz CT molecular complexity index is 266. The largest absolute Gasteiger partial charge is 0.481 e. The summed E-state index contributed by atoms with van der Waals surface area (Å²) in [5.74, 6) is 0.0589. The highest BCUT2D eigenvalue weighted by Crippen LogP contribution is 2.47. The van der Waals surface area contributed by atoms with Crippen LogP contribution in [0.4, 0.5) is 0 Å². The molecule has 78 valence electrons. The van der Waals surface area contributed by atoms with E-state index < -0.39 is 5.97 Å². The van der Waals surface area contributed by atoms with E-state index in [-0.39, 0.29) is 5.92 Å². The quantitative estimate of drug-likeness (QED) is 0.686. The number of carbonyl (C=O) groups is 1. The summed E-state index contributed by atoms with van der Waals surface area (Å²) in [6.07, 6.45) is 5.85. The zero-order valence-electron chi connectivity index (χ0n) is 8.35. The molecule has 0 amide bonds. The Labute approximate surface area is 84.1 Å². The van der Waals surface area contributed by atoms with Gasteiger partial charge in [0.2, 0.25) is 0 Å². The normalized spacial score (nSPS) is 50.4. The number of aliphatic carboxylic acids is 1. The molecule has 3 aliphatic heterocycles. The molecule has 0 aromatic rings. The van der Waals surface area contributed by atoms with Gasteiger partial charge in [-0.05, 0) is 44.6 Å². The maximum atomic E-state index is 11.1. The van der Waals surface area contributed by atoms with Crippen molar-refractivity contribution in [1.82, 2.24) is 4.90 Å². The molecule has 3 heterocycles. The van der Waals surface area contributed by atoms with Crippen molar-refractivity contribution in [3.8, 4) is 0 Å². The third-order valence-electron chi connectivity index (χ3n) is 4.44. The monoisotopic (exact) mass is 195 g/mol. The lowest BCUT2D eigenvalue weighted by atomic mass is 9.82. The molecule has 3 nitrogen and oxygen atoms in total. The number of hydrogen-bond donors (Lipinski definition) is 1. The van der Waals surface area contributed by atoms with Gasteiger partial charge in [0, 0.05) is 12.1 Å². The van der Waals surface area contributed by atoms with Crippen molar-refractivity contribution in [2.45, 2.75) is 44.2 Å². The fourth-order valence-electron chi connectivity index (χ4n) is 3.95. The molecular formula is C11H17NO2. The SMILES string of the molecule is O=C(O)[C@@H]1CC[C@H]2C[C@H]3CCCN2[C@H]31. The fourth-order valence-corrected chi connectivity index (χ4v) is 3.95. The highest BCUT2D eigenvalue weighted by Gasteiger charge is 2.51. The van der Waals surface area contributed by atoms with Gasteiger partial charge in [0.05, 0.1) is 5.92 Å². The summed E-state index contributed by atoms with van der Waals surface area (Å²) in [4.78, 5) is 13.6. The number of piperidine rings is 2. The fraction of sp³-hybridized carbons (Fsp3) is 0.909. The van der Waals surface area contributed by atoms with Crippen LogP contribution in [0.3, 0.4) is 0 Å². The van der Waals surface area contributed by atoms with E-state index in [1.165, 1.54) is 19.3 Å². The molecule has 0 aromatic heterocycles. The second kappa shape index (κ2) is 2.96. The van der Waals surface area contributed by atoms with E-state index >= 15 is 0 Å². The van der Waals surface area contributed by atoms with Crippen molar-refractivity contribution < 1.29 is 9.90 Å². The van der Waals surface area contributed by atoms with Gasteiger partial charge >= 0.3 is 5.97 Å². The molecule has 3 fully saturated rings. The number of nitrogens with zero attached hydrogens (tertiary/aromatic N) is 1. The molecule has 0 aliphatic carbocycles. The predicted octanol–water partition coefficient (Wildman–Crippen LogP) is 1.33. The zero-order valence-corrected chi connectivity index (χ0v) is 8.35. The van der Waals surface area contributed by atoms with Crippen LogP contribution >= 0.6 is 0 Å². The second-order valence-corrected chi connectivity index (χ2v) is 5.04. The summed E-state index contributed by atoms with van der Waals surface area (Å²) in [5, 5.41) is 9.19. The van der Waals surface area contributed by atoms with Gasteiger partial charge in [-0.1, -0.05) is 0 Å². The molecule has 14 heavy (non-hydrogen) atoms. The zero-order chi connectivity index (χ0) is 9.71. The van der Waals surface area contributed by atoms with E-state index in [0.29, 0.717) is 12.0 Å². The summed E-state index contributed by atoms with van der Waals surface area (Å²) in [6.45, 7) is 1.15. The average molecular weight is 195 g/mol. The molecule has 0 radical (unpaired) electrons. The Hall–Kier alpha value is -0.570. The Balaban J connectivity index is 1.90. The van der Waals surface area contributed by atoms with E-state index in [2.05, 4.69) is 4.90 Å². The summed E-state index contributed by atoms with van der Waals surface area (Å²) in [7, 11) is 0. The Kier molecular flexibility index (Phi) is 1.84. The van der Waals surface area contributed by atoms with E-state index in [4.69, 9.17) is 0 Å². The maximum absolute atomic E-state index is 11.1. The van der Waals surface area contributed by atoms with Crippen molar-refractivity contribution in [3.05, 3.63) is 0 Å². The lowest BCUT2D eigenvalue weighted by molar-refractivity contribution is -0.147. The lowest BCUT2D eigenvalue weighted by Gasteiger charge is -2.42. The molecular weight excluding hydrogens is 178 g/mol. The first-order valence-electron chi connectivity index (χ1n) is 5.76. The lowest BCUT2D eigenvalue weighted by Crippen LogP contribution is -2.51. The minimum atomic E-state index is -0.563. The molecule has 3 saturated heterocycles. The van der Waals surface area contributed by atoms with Crippen molar-refractivity contribution in [2.75, 3.05) is 6.54 Å². The topological polar surface area (TPSA) is 40.5 Å². The number of carboxylic acid groups (broad SMARTS) is 1. The Morgan fingerprint density at radius 2 is 2.14 bits per heavy atom. The van der Waals surface area contributed by atoms with Gasteiger partial charge < -0.3 is 5.11 Å². The highest BCUT2D eigenvalue weighted by atomic mass is 16.4. The van der Waals surface area contributed by atoms with Crippen LogP contribution < -0.4 is 0 Å². The molecule has 0 aromatic carbocycles. The summed E-state index contributed by atoms with van der Waals surface area (Å²) in [5.41, 5.74) is 0. The molecule has 0 spiro atoms. The van der Waals surface area contributed by atoms with Gasteiger partial charge in [-0.2, -0.15) is 0 Å². The first-order chi connectivity index (χ1) is 6.77. The van der Waals surface area contributed by atoms with E-state index in [1.54, 1.807) is 0 Å². The van der Waals surface area contributed by atoms with Crippen molar-refractivity contribution in [3.63, 3.8) is 0 Å². The van der Waals surface area contributed by atoms with Gasteiger partial charge in [-0.25, -0.2) is 0 Å². The second-order valence-electron chi connectivity index (χ2n) is 5.04. The van der Waals surface area contributed by atoms with Crippen LogP contribution in [0.2, 0.25) is 0 Å². The van der Waals surface area contributed by atoms with Crippen LogP contribution in [0.5, 0.6) is 0 Å². The van der Waals surface area contributed by atoms with Gasteiger partial charge in [-0.15, -0.1) is 0 Å². The van der Waals surface area contributed by atoms with Crippen LogP contribution in [-0.4, -0.2) is 34.6 Å². The van der Waals surface area contributed by atoms with Crippen molar-refractivity contribution >= 4 is 5.97 Å². The van der Waals surface area contributed by atoms with Crippen molar-refractivity contribution in [1.29, 1.82) is 0 Å². The molecule has 3 rings (SSSR count). The molecule has 5 atom stereocenters. The molecule has 4 bridgehead atoms. The smallest absolute Gasteiger partial charge is 0.308 e. The number of carboxylic acids is 1. The maximum Gasteiger partial charge on any atom is 0.308 e. The number of rotatable bonds is 1. The van der Waals surface area contributed by atoms with E-state index in [0.717, 1.165) is 25.4 Å². The van der Waals surface area contributed by atoms with Gasteiger partial charge in [0.15, 0.2) is 0 Å². The Morgan fingerprint density at radius 1 is 1.29 bits per heavy atom. The molecule has 3 aliphatic rings. The van der Waals surface area contributed by atoms with E-state index in [1.807, 2.05) is 0 Å². The summed E-state index contributed by atoms with van der Waals surface area (Å²) in [6, 6.07) is 1.11. The van der Waals surface area contributed by atoms with Gasteiger partial charge in [-0.3, -0.25) is 9.69 Å². The minimum absolute atomic E-state index is 0.0703. The molecule has 1 unspecified atom stereocenters. The highest BCUT2D eigenvalue weighted by molar-refractivity contribution is 5.71. The van der Waals surface area contributed by atoms with Gasteiger partial charge in [0.25, 0.3) is 0 Å². The third-order valence-corrected chi connectivity index (χ3v) is 4.44. The summed E-state index contributed by atoms with van der Waals surface area (Å²) < 4.78 is 0. The molecule has 3 heteroatoms. The van der Waals surface area contributed by atoms with Crippen LogP contribution in [0, 0.1) is 11.8 Å². The first-order valence-corrected chi connectivity index (χ1v) is 5.76. The van der Waals surface area contributed by atoms with Crippen molar-refractivity contribution in [2.24, 2.45) is 11.8 Å².